The quantitative estimate of drug-likeness (QED) is 0.688. The lowest BCUT2D eigenvalue weighted by molar-refractivity contribution is -0.157. The summed E-state index contributed by atoms with van der Waals surface area (Å²) in [6.07, 6.45) is 2.17. The molecule has 2 aromatic rings. The molecule has 8 nitrogen and oxygen atoms in total. The van der Waals surface area contributed by atoms with Crippen molar-refractivity contribution in [1.82, 2.24) is 10.1 Å². The molecule has 1 fully saturated rings. The van der Waals surface area contributed by atoms with Crippen molar-refractivity contribution in [3.63, 3.8) is 0 Å². The normalized spacial score (nSPS) is 16.3. The van der Waals surface area contributed by atoms with E-state index in [2.05, 4.69) is 5.16 Å². The minimum atomic E-state index is -0.694. The predicted molar refractivity (Wildman–Crippen MR) is 103 cm³/mol. The highest BCUT2D eigenvalue weighted by Gasteiger charge is 2.34. The first-order chi connectivity index (χ1) is 14.0. The van der Waals surface area contributed by atoms with Crippen LogP contribution < -0.4 is 0 Å². The molecule has 1 aromatic heterocycles. The van der Waals surface area contributed by atoms with Gasteiger partial charge in [-0.3, -0.25) is 4.79 Å². The first-order valence-corrected chi connectivity index (χ1v) is 9.67. The minimum absolute atomic E-state index is 0.185. The smallest absolute Gasteiger partial charge is 0.344 e. The topological polar surface area (TPSA) is 98.9 Å². The van der Waals surface area contributed by atoms with E-state index < -0.39 is 30.5 Å². The molecule has 0 N–H and O–H groups in total. The van der Waals surface area contributed by atoms with Gasteiger partial charge in [0.05, 0.1) is 6.61 Å². The van der Waals surface area contributed by atoms with Crippen LogP contribution in [0.5, 0.6) is 0 Å². The number of esters is 2. The van der Waals surface area contributed by atoms with E-state index in [-0.39, 0.29) is 12.2 Å². The summed E-state index contributed by atoms with van der Waals surface area (Å²) in [5.41, 5.74) is 1.26. The number of rotatable bonds is 6. The minimum Gasteiger partial charge on any atom is -0.464 e. The summed E-state index contributed by atoms with van der Waals surface area (Å²) in [6.45, 7) is 3.55. The SMILES string of the molecule is CCOC(=O)[C@@H]1CCCCN1C(=O)COC(=O)c1c(-c2ccccc2)noc1C. The van der Waals surface area contributed by atoms with Crippen LogP contribution in [0.25, 0.3) is 11.3 Å². The molecular formula is C21H24N2O6. The highest BCUT2D eigenvalue weighted by atomic mass is 16.5. The number of likely N-dealkylation sites (tertiary alicyclic amines) is 1. The molecule has 0 unspecified atom stereocenters. The van der Waals surface area contributed by atoms with Crippen molar-refractivity contribution in [3.8, 4) is 11.3 Å². The Morgan fingerprint density at radius 3 is 2.66 bits per heavy atom. The number of piperidine rings is 1. The van der Waals surface area contributed by atoms with Gasteiger partial charge in [-0.25, -0.2) is 9.59 Å². The summed E-state index contributed by atoms with van der Waals surface area (Å²) in [4.78, 5) is 38.9. The van der Waals surface area contributed by atoms with Crippen LogP contribution in [-0.2, 0) is 19.1 Å². The van der Waals surface area contributed by atoms with Crippen LogP contribution in [0, 0.1) is 6.92 Å². The molecule has 8 heteroatoms. The van der Waals surface area contributed by atoms with Crippen molar-refractivity contribution >= 4 is 17.8 Å². The third kappa shape index (κ3) is 4.64. The Hall–Kier alpha value is -3.16. The zero-order chi connectivity index (χ0) is 20.8. The summed E-state index contributed by atoms with van der Waals surface area (Å²) in [6, 6.07) is 8.47. The lowest BCUT2D eigenvalue weighted by Gasteiger charge is -2.33. The highest BCUT2D eigenvalue weighted by Crippen LogP contribution is 2.26. The van der Waals surface area contributed by atoms with E-state index in [1.807, 2.05) is 18.2 Å². The van der Waals surface area contributed by atoms with E-state index in [9.17, 15) is 14.4 Å². The van der Waals surface area contributed by atoms with Crippen LogP contribution in [0.1, 0.15) is 42.3 Å². The van der Waals surface area contributed by atoms with Crippen molar-refractivity contribution in [1.29, 1.82) is 0 Å². The summed E-state index contributed by atoms with van der Waals surface area (Å²) >= 11 is 0. The third-order valence-electron chi connectivity index (χ3n) is 4.82. The van der Waals surface area contributed by atoms with Gasteiger partial charge < -0.3 is 18.9 Å². The van der Waals surface area contributed by atoms with Gasteiger partial charge in [0, 0.05) is 12.1 Å². The monoisotopic (exact) mass is 400 g/mol. The van der Waals surface area contributed by atoms with Crippen LogP contribution in [0.2, 0.25) is 0 Å². The lowest BCUT2D eigenvalue weighted by atomic mass is 10.0. The molecule has 1 amide bonds. The number of aryl methyl sites for hydroxylation is 1. The first-order valence-electron chi connectivity index (χ1n) is 9.67. The molecule has 1 aliphatic heterocycles. The molecule has 0 spiro atoms. The van der Waals surface area contributed by atoms with E-state index in [4.69, 9.17) is 14.0 Å². The van der Waals surface area contributed by atoms with E-state index >= 15 is 0 Å². The standard InChI is InChI=1S/C21H24N2O6/c1-3-27-20(25)16-11-7-8-12-23(16)17(24)13-28-21(26)18-14(2)29-22-19(18)15-9-5-4-6-10-15/h4-6,9-10,16H,3,7-8,11-13H2,1-2H3/t16-/m0/s1. The van der Waals surface area contributed by atoms with Crippen LogP contribution in [0.4, 0.5) is 0 Å². The van der Waals surface area contributed by atoms with Gasteiger partial charge in [0.1, 0.15) is 23.1 Å². The summed E-state index contributed by atoms with van der Waals surface area (Å²) in [5.74, 6) is -1.23. The molecule has 154 valence electrons. The summed E-state index contributed by atoms with van der Waals surface area (Å²) in [7, 11) is 0. The van der Waals surface area contributed by atoms with E-state index in [1.165, 1.54) is 4.90 Å². The van der Waals surface area contributed by atoms with E-state index in [0.29, 0.717) is 30.0 Å². The molecule has 0 aliphatic carbocycles. The molecule has 0 bridgehead atoms. The number of amides is 1. The Bertz CT molecular complexity index is 877. The number of benzene rings is 1. The fourth-order valence-electron chi connectivity index (χ4n) is 3.40. The van der Waals surface area contributed by atoms with Crippen LogP contribution in [0.15, 0.2) is 34.9 Å². The van der Waals surface area contributed by atoms with Gasteiger partial charge in [-0.2, -0.15) is 0 Å². The Morgan fingerprint density at radius 1 is 1.17 bits per heavy atom. The van der Waals surface area contributed by atoms with Gasteiger partial charge in [0.2, 0.25) is 0 Å². The molecule has 0 saturated carbocycles. The van der Waals surface area contributed by atoms with Gasteiger partial charge in [-0.05, 0) is 33.1 Å². The van der Waals surface area contributed by atoms with Crippen molar-refractivity contribution in [2.75, 3.05) is 19.8 Å². The fraction of sp³-hybridized carbons (Fsp3) is 0.429. The van der Waals surface area contributed by atoms with Gasteiger partial charge >= 0.3 is 11.9 Å². The molecular weight excluding hydrogens is 376 g/mol. The number of carbonyl (C=O) groups excluding carboxylic acids is 3. The van der Waals surface area contributed by atoms with Gasteiger partial charge in [-0.15, -0.1) is 0 Å². The summed E-state index contributed by atoms with van der Waals surface area (Å²) in [5, 5.41) is 3.95. The van der Waals surface area contributed by atoms with Crippen LogP contribution >= 0.6 is 0 Å². The fourth-order valence-corrected chi connectivity index (χ4v) is 3.40. The Kier molecular flexibility index (Phi) is 6.64. The maximum Gasteiger partial charge on any atom is 0.344 e. The van der Waals surface area contributed by atoms with Crippen molar-refractivity contribution in [2.24, 2.45) is 0 Å². The molecule has 1 aromatic carbocycles. The number of hydrogen-bond acceptors (Lipinski definition) is 7. The maximum atomic E-state index is 12.6. The number of hydrogen-bond donors (Lipinski definition) is 0. The van der Waals surface area contributed by atoms with Crippen LogP contribution in [-0.4, -0.2) is 53.7 Å². The molecule has 0 radical (unpaired) electrons. The molecule has 1 saturated heterocycles. The largest absolute Gasteiger partial charge is 0.464 e. The predicted octanol–water partition coefficient (Wildman–Crippen LogP) is 2.75. The number of nitrogens with zero attached hydrogens (tertiary/aromatic N) is 2. The molecule has 2 heterocycles. The number of carbonyl (C=O) groups is 3. The maximum absolute atomic E-state index is 12.6. The Morgan fingerprint density at radius 2 is 1.93 bits per heavy atom. The van der Waals surface area contributed by atoms with E-state index in [1.54, 1.807) is 26.0 Å². The second kappa shape index (κ2) is 9.36. The molecule has 29 heavy (non-hydrogen) atoms. The highest BCUT2D eigenvalue weighted by molar-refractivity contribution is 5.98. The Balaban J connectivity index is 1.68. The van der Waals surface area contributed by atoms with Crippen LogP contribution in [0.3, 0.4) is 0 Å². The Labute approximate surface area is 168 Å². The first kappa shape index (κ1) is 20.6. The number of aromatic nitrogens is 1. The zero-order valence-electron chi connectivity index (χ0n) is 16.6. The van der Waals surface area contributed by atoms with E-state index in [0.717, 1.165) is 12.8 Å². The zero-order valence-corrected chi connectivity index (χ0v) is 16.6. The second-order valence-electron chi connectivity index (χ2n) is 6.76. The molecule has 1 atom stereocenters. The van der Waals surface area contributed by atoms with Gasteiger partial charge in [-0.1, -0.05) is 35.5 Å². The van der Waals surface area contributed by atoms with Gasteiger partial charge in [0.25, 0.3) is 5.91 Å². The average molecular weight is 400 g/mol. The lowest BCUT2D eigenvalue weighted by Crippen LogP contribution is -2.50. The number of ether oxygens (including phenoxy) is 2. The second-order valence-corrected chi connectivity index (χ2v) is 6.76. The summed E-state index contributed by atoms with van der Waals surface area (Å²) < 4.78 is 15.5. The van der Waals surface area contributed by atoms with Gasteiger partial charge in [0.15, 0.2) is 6.61 Å². The van der Waals surface area contributed by atoms with Crippen molar-refractivity contribution < 1.29 is 28.4 Å². The average Bonchev–Trinajstić information content (AvgIpc) is 3.14. The third-order valence-corrected chi connectivity index (χ3v) is 4.82. The molecule has 3 rings (SSSR count). The van der Waals surface area contributed by atoms with Crippen molar-refractivity contribution in [2.45, 2.75) is 39.2 Å². The molecule has 1 aliphatic rings. The van der Waals surface area contributed by atoms with Crippen molar-refractivity contribution in [3.05, 3.63) is 41.7 Å².